The van der Waals surface area contributed by atoms with E-state index in [-0.39, 0.29) is 12.1 Å². The zero-order valence-corrected chi connectivity index (χ0v) is 11.8. The highest BCUT2D eigenvalue weighted by Gasteiger charge is 2.31. The maximum absolute atomic E-state index is 12.3. The molecule has 1 aromatic rings. The molecule has 0 spiro atoms. The molecule has 2 rings (SSSR count). The van der Waals surface area contributed by atoms with Crippen molar-refractivity contribution in [3.05, 3.63) is 24.0 Å². The highest BCUT2D eigenvalue weighted by Crippen LogP contribution is 2.31. The van der Waals surface area contributed by atoms with E-state index in [1.807, 2.05) is 31.7 Å². The van der Waals surface area contributed by atoms with Gasteiger partial charge in [0.05, 0.1) is 12.2 Å². The quantitative estimate of drug-likeness (QED) is 0.781. The van der Waals surface area contributed by atoms with E-state index in [4.69, 9.17) is 4.74 Å². The summed E-state index contributed by atoms with van der Waals surface area (Å²) < 4.78 is 5.48. The zero-order valence-electron chi connectivity index (χ0n) is 11.8. The lowest BCUT2D eigenvalue weighted by molar-refractivity contribution is 0.00946. The first-order chi connectivity index (χ1) is 8.97. The van der Waals surface area contributed by atoms with Gasteiger partial charge in [-0.2, -0.15) is 10.2 Å². The summed E-state index contributed by atoms with van der Waals surface area (Å²) in [6.07, 6.45) is 6.24. The Morgan fingerprint density at radius 1 is 1.37 bits per heavy atom. The largest absolute Gasteiger partial charge is 0.444 e. The van der Waals surface area contributed by atoms with Gasteiger partial charge >= 0.3 is 6.09 Å². The predicted octanol–water partition coefficient (Wildman–Crippen LogP) is 2.94. The second-order valence-electron chi connectivity index (χ2n) is 5.86. The van der Waals surface area contributed by atoms with E-state index in [0.29, 0.717) is 0 Å². The number of carbonyl (C=O) groups excluding carboxylic acids is 1. The number of carbonyl (C=O) groups is 1. The molecule has 0 bridgehead atoms. The molecule has 104 valence electrons. The molecular formula is C14H21N3O2. The number of hydrogen-bond acceptors (Lipinski definition) is 4. The minimum absolute atomic E-state index is 0.0547. The molecule has 1 aliphatic rings. The van der Waals surface area contributed by atoms with E-state index >= 15 is 0 Å². The van der Waals surface area contributed by atoms with Crippen LogP contribution in [0, 0.1) is 0 Å². The van der Waals surface area contributed by atoms with Crippen molar-refractivity contribution in [3.63, 3.8) is 0 Å². The smallest absolute Gasteiger partial charge is 0.410 e. The second-order valence-corrected chi connectivity index (χ2v) is 5.86. The molecule has 0 saturated carbocycles. The lowest BCUT2D eigenvalue weighted by Gasteiger charge is -2.36. The molecule has 5 nitrogen and oxygen atoms in total. The molecule has 2 heterocycles. The lowest BCUT2D eigenvalue weighted by atomic mass is 9.97. The van der Waals surface area contributed by atoms with Crippen LogP contribution in [0.15, 0.2) is 18.5 Å². The molecule has 1 amide bonds. The fourth-order valence-electron chi connectivity index (χ4n) is 2.32. The van der Waals surface area contributed by atoms with Gasteiger partial charge in [-0.05, 0) is 51.7 Å². The molecule has 5 heteroatoms. The number of nitrogens with zero attached hydrogens (tertiary/aromatic N) is 3. The second kappa shape index (κ2) is 5.55. The maximum Gasteiger partial charge on any atom is 0.410 e. The molecule has 1 fully saturated rings. The number of piperidine rings is 1. The predicted molar refractivity (Wildman–Crippen MR) is 71.6 cm³/mol. The number of likely N-dealkylation sites (tertiary alicyclic amines) is 1. The van der Waals surface area contributed by atoms with Gasteiger partial charge in [0.15, 0.2) is 0 Å². The van der Waals surface area contributed by atoms with Crippen molar-refractivity contribution in [3.8, 4) is 0 Å². The summed E-state index contributed by atoms with van der Waals surface area (Å²) >= 11 is 0. The molecule has 1 aromatic heterocycles. The molecular weight excluding hydrogens is 242 g/mol. The first-order valence-electron chi connectivity index (χ1n) is 6.73. The third-order valence-electron chi connectivity index (χ3n) is 3.12. The van der Waals surface area contributed by atoms with Gasteiger partial charge in [0.2, 0.25) is 0 Å². The van der Waals surface area contributed by atoms with Crippen molar-refractivity contribution in [2.45, 2.75) is 51.7 Å². The van der Waals surface area contributed by atoms with E-state index in [1.54, 1.807) is 12.4 Å². The fraction of sp³-hybridized carbons (Fsp3) is 0.643. The van der Waals surface area contributed by atoms with E-state index in [2.05, 4.69) is 10.2 Å². The Morgan fingerprint density at radius 3 is 2.79 bits per heavy atom. The van der Waals surface area contributed by atoms with Crippen molar-refractivity contribution in [1.82, 2.24) is 15.1 Å². The van der Waals surface area contributed by atoms with Crippen LogP contribution in [0.1, 0.15) is 51.6 Å². The summed E-state index contributed by atoms with van der Waals surface area (Å²) in [5.41, 5.74) is 0.566. The van der Waals surface area contributed by atoms with Crippen LogP contribution in [0.5, 0.6) is 0 Å². The summed E-state index contributed by atoms with van der Waals surface area (Å²) in [5.74, 6) is 0. The Bertz CT molecular complexity index is 428. The highest BCUT2D eigenvalue weighted by molar-refractivity contribution is 5.69. The highest BCUT2D eigenvalue weighted by atomic mass is 16.6. The third kappa shape index (κ3) is 3.66. The van der Waals surface area contributed by atoms with Crippen LogP contribution < -0.4 is 0 Å². The normalized spacial score (nSPS) is 20.2. The van der Waals surface area contributed by atoms with E-state index in [1.165, 1.54) is 0 Å². The van der Waals surface area contributed by atoms with E-state index in [9.17, 15) is 4.79 Å². The number of aromatic nitrogens is 2. The van der Waals surface area contributed by atoms with E-state index in [0.717, 1.165) is 31.4 Å². The summed E-state index contributed by atoms with van der Waals surface area (Å²) in [6.45, 7) is 6.40. The van der Waals surface area contributed by atoms with Crippen LogP contribution in [0.3, 0.4) is 0 Å². The summed E-state index contributed by atoms with van der Waals surface area (Å²) in [7, 11) is 0. The van der Waals surface area contributed by atoms with Crippen molar-refractivity contribution >= 4 is 6.09 Å². The van der Waals surface area contributed by atoms with E-state index < -0.39 is 5.60 Å². The SMILES string of the molecule is CC(C)(C)OC(=O)N1CCCC[C@@H]1c1ccnnc1. The van der Waals surface area contributed by atoms with Crippen molar-refractivity contribution in [2.24, 2.45) is 0 Å². The molecule has 19 heavy (non-hydrogen) atoms. The van der Waals surface area contributed by atoms with Gasteiger partial charge in [-0.3, -0.25) is 0 Å². The Hall–Kier alpha value is -1.65. The van der Waals surface area contributed by atoms with Crippen LogP contribution in [0.2, 0.25) is 0 Å². The minimum Gasteiger partial charge on any atom is -0.444 e. The third-order valence-corrected chi connectivity index (χ3v) is 3.12. The number of ether oxygens (including phenoxy) is 1. The van der Waals surface area contributed by atoms with Gasteiger partial charge in [0, 0.05) is 12.7 Å². The molecule has 1 aliphatic heterocycles. The van der Waals surface area contributed by atoms with Crippen LogP contribution in [-0.4, -0.2) is 33.3 Å². The molecule has 1 saturated heterocycles. The standard InChI is InChI=1S/C14H21N3O2/c1-14(2,3)19-13(18)17-9-5-4-6-12(17)11-7-8-15-16-10-11/h7-8,10,12H,4-6,9H2,1-3H3/t12-/m1/s1. The number of hydrogen-bond donors (Lipinski definition) is 0. The van der Waals surface area contributed by atoms with Gasteiger partial charge < -0.3 is 9.64 Å². The zero-order chi connectivity index (χ0) is 13.9. The maximum atomic E-state index is 12.3. The molecule has 1 atom stereocenters. The fourth-order valence-corrected chi connectivity index (χ4v) is 2.32. The van der Waals surface area contributed by atoms with Crippen LogP contribution in [0.4, 0.5) is 4.79 Å². The number of rotatable bonds is 1. The first kappa shape index (κ1) is 13.8. The topological polar surface area (TPSA) is 55.3 Å². The summed E-state index contributed by atoms with van der Waals surface area (Å²) in [5, 5.41) is 7.68. The van der Waals surface area contributed by atoms with Gasteiger partial charge in [0.25, 0.3) is 0 Å². The average Bonchev–Trinajstić information content (AvgIpc) is 2.38. The lowest BCUT2D eigenvalue weighted by Crippen LogP contribution is -2.41. The van der Waals surface area contributed by atoms with Gasteiger partial charge in [0.1, 0.15) is 5.60 Å². The Balaban J connectivity index is 2.15. The van der Waals surface area contributed by atoms with Crippen LogP contribution >= 0.6 is 0 Å². The minimum atomic E-state index is -0.463. The summed E-state index contributed by atoms with van der Waals surface area (Å²) in [4.78, 5) is 14.1. The average molecular weight is 263 g/mol. The van der Waals surface area contributed by atoms with Crippen LogP contribution in [-0.2, 0) is 4.74 Å². The first-order valence-corrected chi connectivity index (χ1v) is 6.73. The molecule has 0 aliphatic carbocycles. The van der Waals surface area contributed by atoms with Gasteiger partial charge in [-0.15, -0.1) is 0 Å². The Labute approximate surface area is 114 Å². The number of amides is 1. The van der Waals surface area contributed by atoms with Gasteiger partial charge in [-0.1, -0.05) is 0 Å². The Kier molecular flexibility index (Phi) is 4.02. The molecule has 0 N–H and O–H groups in total. The molecule has 0 aromatic carbocycles. The van der Waals surface area contributed by atoms with Crippen molar-refractivity contribution < 1.29 is 9.53 Å². The Morgan fingerprint density at radius 2 is 2.16 bits per heavy atom. The van der Waals surface area contributed by atoms with Crippen molar-refractivity contribution in [2.75, 3.05) is 6.54 Å². The van der Waals surface area contributed by atoms with Crippen LogP contribution in [0.25, 0.3) is 0 Å². The molecule has 0 radical (unpaired) electrons. The summed E-state index contributed by atoms with van der Waals surface area (Å²) in [6, 6.07) is 1.97. The van der Waals surface area contributed by atoms with Gasteiger partial charge in [-0.25, -0.2) is 4.79 Å². The monoisotopic (exact) mass is 263 g/mol. The molecule has 0 unspecified atom stereocenters. The van der Waals surface area contributed by atoms with Crippen molar-refractivity contribution in [1.29, 1.82) is 0 Å².